The minimum Gasteiger partial charge on any atom is -0.478 e. The summed E-state index contributed by atoms with van der Waals surface area (Å²) in [5.41, 5.74) is 0.738. The van der Waals surface area contributed by atoms with Gasteiger partial charge < -0.3 is 10.0 Å². The van der Waals surface area contributed by atoms with Gasteiger partial charge in [0.15, 0.2) is 0 Å². The predicted octanol–water partition coefficient (Wildman–Crippen LogP) is 0.902. The lowest BCUT2D eigenvalue weighted by molar-refractivity contribution is 0.0695. The Hall–Kier alpha value is -1.49. The van der Waals surface area contributed by atoms with Gasteiger partial charge in [0.05, 0.1) is 11.3 Å². The average molecular weight is 221 g/mol. The molecule has 0 spiro atoms. The van der Waals surface area contributed by atoms with Crippen molar-refractivity contribution in [1.82, 2.24) is 14.9 Å². The van der Waals surface area contributed by atoms with E-state index >= 15 is 0 Å². The molecule has 16 heavy (non-hydrogen) atoms. The lowest BCUT2D eigenvalue weighted by Crippen LogP contribution is -2.15. The third-order valence-corrected chi connectivity index (χ3v) is 2.98. The highest BCUT2D eigenvalue weighted by Gasteiger charge is 2.24. The van der Waals surface area contributed by atoms with Crippen molar-refractivity contribution in [3.05, 3.63) is 23.3 Å². The van der Waals surface area contributed by atoms with Crippen LogP contribution in [0.2, 0.25) is 0 Å². The highest BCUT2D eigenvalue weighted by molar-refractivity contribution is 5.88. The van der Waals surface area contributed by atoms with Gasteiger partial charge in [0.1, 0.15) is 5.82 Å². The summed E-state index contributed by atoms with van der Waals surface area (Å²) in [7, 11) is 2.07. The number of likely N-dealkylation sites (tertiary alicyclic amines) is 1. The number of carboxylic acid groups (broad SMARTS) is 1. The Bertz CT molecular complexity index is 420. The molecule has 0 bridgehead atoms. The number of rotatable bonds is 2. The van der Waals surface area contributed by atoms with Crippen LogP contribution in [-0.4, -0.2) is 46.1 Å². The van der Waals surface area contributed by atoms with Crippen LogP contribution in [0.4, 0.5) is 0 Å². The summed E-state index contributed by atoms with van der Waals surface area (Å²) in [6.45, 7) is 3.72. The van der Waals surface area contributed by atoms with Crippen molar-refractivity contribution in [2.24, 2.45) is 0 Å². The van der Waals surface area contributed by atoms with Crippen LogP contribution in [0, 0.1) is 6.92 Å². The molecule has 2 heterocycles. The fourth-order valence-corrected chi connectivity index (χ4v) is 2.04. The molecular formula is C11H15N3O2. The number of likely N-dealkylation sites (N-methyl/N-ethyl adjacent to an activating group) is 1. The van der Waals surface area contributed by atoms with E-state index < -0.39 is 5.97 Å². The fourth-order valence-electron chi connectivity index (χ4n) is 2.04. The number of hydrogen-bond donors (Lipinski definition) is 1. The van der Waals surface area contributed by atoms with Crippen LogP contribution in [0.25, 0.3) is 0 Å². The Morgan fingerprint density at radius 2 is 2.38 bits per heavy atom. The van der Waals surface area contributed by atoms with Gasteiger partial charge in [-0.1, -0.05) is 0 Å². The summed E-state index contributed by atoms with van der Waals surface area (Å²) in [5.74, 6) is 0.144. The van der Waals surface area contributed by atoms with Gasteiger partial charge in [-0.15, -0.1) is 0 Å². The van der Waals surface area contributed by atoms with Crippen molar-refractivity contribution >= 4 is 5.97 Å². The van der Waals surface area contributed by atoms with Crippen LogP contribution in [0.1, 0.15) is 34.2 Å². The summed E-state index contributed by atoms with van der Waals surface area (Å²) < 4.78 is 0. The standard InChI is InChI=1S/C11H15N3O2/c1-7-9(11(15)16)5-12-10(13-7)8-3-4-14(2)6-8/h5,8H,3-4,6H2,1-2H3,(H,15,16). The van der Waals surface area contributed by atoms with Crippen LogP contribution in [0.3, 0.4) is 0 Å². The van der Waals surface area contributed by atoms with Crippen LogP contribution in [0.5, 0.6) is 0 Å². The Morgan fingerprint density at radius 3 is 2.88 bits per heavy atom. The number of aromatic carboxylic acids is 1. The molecule has 0 aliphatic carbocycles. The van der Waals surface area contributed by atoms with Crippen LogP contribution in [0.15, 0.2) is 6.20 Å². The molecule has 1 aliphatic rings. The molecule has 5 nitrogen and oxygen atoms in total. The topological polar surface area (TPSA) is 66.3 Å². The van der Waals surface area contributed by atoms with Crippen molar-refractivity contribution in [2.45, 2.75) is 19.3 Å². The predicted molar refractivity (Wildman–Crippen MR) is 58.6 cm³/mol. The van der Waals surface area contributed by atoms with E-state index in [0.29, 0.717) is 11.6 Å². The molecule has 1 fully saturated rings. The largest absolute Gasteiger partial charge is 0.478 e. The SMILES string of the molecule is Cc1nc(C2CCN(C)C2)ncc1C(=O)O. The zero-order valence-corrected chi connectivity index (χ0v) is 9.47. The number of aromatic nitrogens is 2. The highest BCUT2D eigenvalue weighted by Crippen LogP contribution is 2.23. The van der Waals surface area contributed by atoms with Gasteiger partial charge in [0, 0.05) is 18.7 Å². The third-order valence-electron chi connectivity index (χ3n) is 2.98. The van der Waals surface area contributed by atoms with E-state index in [2.05, 4.69) is 21.9 Å². The normalized spacial score (nSPS) is 21.2. The summed E-state index contributed by atoms with van der Waals surface area (Å²) in [6, 6.07) is 0. The minimum absolute atomic E-state index is 0.190. The molecule has 1 N–H and O–H groups in total. The van der Waals surface area contributed by atoms with Gasteiger partial charge in [-0.05, 0) is 26.9 Å². The second-order valence-electron chi connectivity index (χ2n) is 4.28. The van der Waals surface area contributed by atoms with E-state index in [0.717, 1.165) is 25.3 Å². The Kier molecular flexibility index (Phi) is 2.87. The molecule has 0 saturated carbocycles. The molecule has 1 unspecified atom stereocenters. The van der Waals surface area contributed by atoms with Crippen molar-refractivity contribution < 1.29 is 9.90 Å². The van der Waals surface area contributed by atoms with Crippen molar-refractivity contribution in [3.63, 3.8) is 0 Å². The number of hydrogen-bond acceptors (Lipinski definition) is 4. The first-order chi connectivity index (χ1) is 7.58. The first kappa shape index (κ1) is 11.0. The zero-order valence-electron chi connectivity index (χ0n) is 9.47. The summed E-state index contributed by atoms with van der Waals surface area (Å²) in [4.78, 5) is 21.5. The maximum Gasteiger partial charge on any atom is 0.339 e. The second kappa shape index (κ2) is 4.17. The van der Waals surface area contributed by atoms with Gasteiger partial charge in [-0.25, -0.2) is 14.8 Å². The lowest BCUT2D eigenvalue weighted by atomic mass is 10.1. The van der Waals surface area contributed by atoms with E-state index in [9.17, 15) is 4.79 Å². The van der Waals surface area contributed by atoms with Crippen LogP contribution < -0.4 is 0 Å². The van der Waals surface area contributed by atoms with E-state index in [4.69, 9.17) is 5.11 Å². The molecule has 1 aromatic heterocycles. The van der Waals surface area contributed by atoms with Crippen molar-refractivity contribution in [2.75, 3.05) is 20.1 Å². The molecule has 0 aromatic carbocycles. The minimum atomic E-state index is -0.965. The maximum atomic E-state index is 10.8. The lowest BCUT2D eigenvalue weighted by Gasteiger charge is -2.10. The molecule has 1 aliphatic heterocycles. The fraction of sp³-hybridized carbons (Fsp3) is 0.545. The van der Waals surface area contributed by atoms with Crippen molar-refractivity contribution in [3.8, 4) is 0 Å². The highest BCUT2D eigenvalue weighted by atomic mass is 16.4. The van der Waals surface area contributed by atoms with Gasteiger partial charge in [0.2, 0.25) is 0 Å². The summed E-state index contributed by atoms with van der Waals surface area (Å²) in [5, 5.41) is 8.88. The number of aryl methyl sites for hydroxylation is 1. The Morgan fingerprint density at radius 1 is 1.62 bits per heavy atom. The molecular weight excluding hydrogens is 206 g/mol. The number of nitrogens with zero attached hydrogens (tertiary/aromatic N) is 3. The van der Waals surface area contributed by atoms with E-state index in [1.807, 2.05) is 0 Å². The monoisotopic (exact) mass is 221 g/mol. The Balaban J connectivity index is 2.24. The summed E-state index contributed by atoms with van der Waals surface area (Å²) >= 11 is 0. The molecule has 0 amide bonds. The smallest absolute Gasteiger partial charge is 0.339 e. The quantitative estimate of drug-likeness (QED) is 0.803. The number of carboxylic acids is 1. The molecule has 1 saturated heterocycles. The van der Waals surface area contributed by atoms with Crippen molar-refractivity contribution in [1.29, 1.82) is 0 Å². The van der Waals surface area contributed by atoms with Gasteiger partial charge in [-0.3, -0.25) is 0 Å². The van der Waals surface area contributed by atoms with E-state index in [1.54, 1.807) is 6.92 Å². The maximum absolute atomic E-state index is 10.8. The second-order valence-corrected chi connectivity index (χ2v) is 4.28. The van der Waals surface area contributed by atoms with Gasteiger partial charge >= 0.3 is 5.97 Å². The summed E-state index contributed by atoms with van der Waals surface area (Å²) in [6.07, 6.45) is 2.46. The molecule has 1 aromatic rings. The zero-order chi connectivity index (χ0) is 11.7. The molecule has 1 atom stereocenters. The van der Waals surface area contributed by atoms with Crippen LogP contribution >= 0.6 is 0 Å². The van der Waals surface area contributed by atoms with Gasteiger partial charge in [0.25, 0.3) is 0 Å². The molecule has 0 radical (unpaired) electrons. The van der Waals surface area contributed by atoms with E-state index in [-0.39, 0.29) is 5.56 Å². The number of carbonyl (C=O) groups is 1. The van der Waals surface area contributed by atoms with Crippen LogP contribution in [-0.2, 0) is 0 Å². The Labute approximate surface area is 94.1 Å². The van der Waals surface area contributed by atoms with E-state index in [1.165, 1.54) is 6.20 Å². The third kappa shape index (κ3) is 2.04. The van der Waals surface area contributed by atoms with Gasteiger partial charge in [-0.2, -0.15) is 0 Å². The first-order valence-electron chi connectivity index (χ1n) is 5.33. The molecule has 86 valence electrons. The molecule has 5 heteroatoms. The first-order valence-corrected chi connectivity index (χ1v) is 5.33. The molecule has 2 rings (SSSR count). The average Bonchev–Trinajstić information content (AvgIpc) is 2.64.